The monoisotopic (exact) mass is 1630 g/mol. The topological polar surface area (TPSA) is 45.5 Å². The smallest absolute Gasteiger partial charge is 0.0789 e. The van der Waals surface area contributed by atoms with Crippen LogP contribution in [0.15, 0.2) is 425 Å². The Bertz CT molecular complexity index is 9500. The predicted octanol–water partition coefficient (Wildman–Crippen LogP) is 32.9. The Kier molecular flexibility index (Phi) is 15.5. The van der Waals surface area contributed by atoms with Gasteiger partial charge in [0.05, 0.1) is 93.0 Å². The molecule has 0 unspecified atom stereocenters. The molecule has 0 saturated heterocycles. The molecule has 0 saturated carbocycles. The summed E-state index contributed by atoms with van der Waals surface area (Å²) in [5.41, 5.74) is 25.3. The van der Waals surface area contributed by atoms with Crippen LogP contribution in [0.5, 0.6) is 0 Å². The summed E-state index contributed by atoms with van der Waals surface area (Å²) >= 11 is 3.78. The number of pyridine rings is 2. The van der Waals surface area contributed by atoms with Gasteiger partial charge in [-0.1, -0.05) is 297 Å². The van der Waals surface area contributed by atoms with Crippen molar-refractivity contribution in [2.75, 3.05) is 0 Å². The molecule has 8 heteroatoms. The zero-order valence-corrected chi connectivity index (χ0v) is 69.5. The van der Waals surface area contributed by atoms with E-state index in [1.54, 1.807) is 0 Å². The first-order valence-corrected chi connectivity index (χ1v) is 44.7. The second kappa shape index (κ2) is 27.7. The number of benzene rings is 20. The van der Waals surface area contributed by atoms with E-state index in [9.17, 15) is 0 Å². The minimum Gasteiger partial charge on any atom is -0.309 e. The predicted molar refractivity (Wildman–Crippen MR) is 538 cm³/mol. The van der Waals surface area contributed by atoms with Gasteiger partial charge in [-0.05, 0) is 166 Å². The maximum Gasteiger partial charge on any atom is 0.0789 e. The van der Waals surface area contributed by atoms with Crippen LogP contribution >= 0.6 is 22.7 Å². The highest BCUT2D eigenvalue weighted by Crippen LogP contribution is 2.52. The Hall–Kier alpha value is -16.1. The summed E-state index contributed by atoms with van der Waals surface area (Å²) < 4.78 is 15.0. The van der Waals surface area contributed by atoms with Gasteiger partial charge < -0.3 is 18.3 Å². The third-order valence-electron chi connectivity index (χ3n) is 26.5. The molecular formula is C118H70N6S2. The van der Waals surface area contributed by atoms with Crippen molar-refractivity contribution in [2.45, 2.75) is 0 Å². The van der Waals surface area contributed by atoms with E-state index in [4.69, 9.17) is 9.97 Å². The van der Waals surface area contributed by atoms with Gasteiger partial charge in [-0.15, -0.1) is 22.7 Å². The lowest BCUT2D eigenvalue weighted by atomic mass is 9.95. The Morgan fingerprint density at radius 3 is 0.960 bits per heavy atom. The SMILES string of the molecule is c1ccc(-c2nc3ccccc3c3c2cc(-n2c4ccccc4c4cc(-c5ccc6c(c5)c5ccccc5n6-c5ccc6ccccc6c5)ccc42)c2sc4ccccc4c23)cc1.c1ccc(-c2nc3ccccc3c3c2cc(-n2c4ccccc4c4cc(-c5ccc6c(c5)c5ccccc5n6-c5cccc6ccccc56)ccc42)c2sc4ccccc4c23)cc1. The lowest BCUT2D eigenvalue weighted by Gasteiger charge is -2.16. The number of nitrogens with zero attached hydrogens (tertiary/aromatic N) is 6. The number of fused-ring (bicyclic) bond motifs is 28. The second-order valence-electron chi connectivity index (χ2n) is 33.3. The fourth-order valence-corrected chi connectivity index (χ4v) is 23.4. The standard InChI is InChI=1S/2C59H35N3S/c1-2-16-37(17-3-1)58-47-35-54(59-57(44-23-9-13-28-55(44)63-59)56(47)43-22-6-10-24-48(43)60-58)62-51-26-12-8-21-42(51)46-34-39(30-32-53(46)62)38-29-31-52-45(33-38)41-20-7-11-25-50(41)61(52)49-27-14-18-36-15-4-5-19-40(36)49;1-2-15-37(16-3-1)58-48-35-54(59-57(45-21-9-13-25-55(45)63-59)56(48)44-20-6-10-22-49(44)60-58)62-51-24-12-8-19-43(51)47-34-40(28-31-53(47)62)39-27-30-52-46(33-39)42-18-7-11-23-50(42)61(52)41-29-26-36-14-4-5-17-38(36)32-41/h2*1-35H. The molecule has 0 aliphatic heterocycles. The van der Waals surface area contributed by atoms with Crippen molar-refractivity contribution in [1.29, 1.82) is 0 Å². The number of aromatic nitrogens is 6. The summed E-state index contributed by atoms with van der Waals surface area (Å²) in [5.74, 6) is 0. The second-order valence-corrected chi connectivity index (χ2v) is 35.4. The van der Waals surface area contributed by atoms with E-state index in [-0.39, 0.29) is 0 Å². The molecule has 0 N–H and O–H groups in total. The Morgan fingerprint density at radius 2 is 0.508 bits per heavy atom. The maximum atomic E-state index is 5.40. The first-order valence-electron chi connectivity index (χ1n) is 43.1. The largest absolute Gasteiger partial charge is 0.309 e. The molecule has 126 heavy (non-hydrogen) atoms. The molecule has 0 atom stereocenters. The molecule has 20 aromatic carbocycles. The highest BCUT2D eigenvalue weighted by molar-refractivity contribution is 7.27. The zero-order chi connectivity index (χ0) is 82.3. The molecule has 0 bridgehead atoms. The summed E-state index contributed by atoms with van der Waals surface area (Å²) in [6.45, 7) is 0. The van der Waals surface area contributed by atoms with Crippen molar-refractivity contribution in [3.8, 4) is 67.5 Å². The van der Waals surface area contributed by atoms with E-state index >= 15 is 0 Å². The van der Waals surface area contributed by atoms with Crippen LogP contribution in [0.2, 0.25) is 0 Å². The van der Waals surface area contributed by atoms with Crippen LogP contribution in [0, 0.1) is 0 Å². The van der Waals surface area contributed by atoms with Crippen molar-refractivity contribution in [2.24, 2.45) is 0 Å². The minimum absolute atomic E-state index is 1.00. The maximum absolute atomic E-state index is 5.40. The van der Waals surface area contributed by atoms with Gasteiger partial charge in [0.2, 0.25) is 0 Å². The summed E-state index contributed by atoms with van der Waals surface area (Å²) in [4.78, 5) is 10.8. The Morgan fingerprint density at radius 1 is 0.175 bits per heavy atom. The van der Waals surface area contributed by atoms with E-state index in [0.29, 0.717) is 0 Å². The van der Waals surface area contributed by atoms with Gasteiger partial charge in [-0.2, -0.15) is 0 Å². The van der Waals surface area contributed by atoms with E-state index in [2.05, 4.69) is 443 Å². The normalized spacial score (nSPS) is 12.1. The van der Waals surface area contributed by atoms with Gasteiger partial charge in [0.25, 0.3) is 0 Å². The van der Waals surface area contributed by atoms with Crippen LogP contribution < -0.4 is 0 Å². The first-order chi connectivity index (χ1) is 62.5. The molecule has 0 amide bonds. The van der Waals surface area contributed by atoms with Crippen molar-refractivity contribution in [3.05, 3.63) is 425 Å². The fourth-order valence-electron chi connectivity index (χ4n) is 21.0. The van der Waals surface area contributed by atoms with Crippen molar-refractivity contribution >= 4 is 215 Å². The van der Waals surface area contributed by atoms with E-state index in [0.717, 1.165) is 44.3 Å². The van der Waals surface area contributed by atoms with E-state index < -0.39 is 0 Å². The van der Waals surface area contributed by atoms with E-state index in [1.807, 2.05) is 22.7 Å². The van der Waals surface area contributed by atoms with Gasteiger partial charge in [-0.3, -0.25) is 0 Å². The Balaban J connectivity index is 0.000000131. The zero-order valence-electron chi connectivity index (χ0n) is 67.9. The molecule has 0 aliphatic rings. The number of rotatable bonds is 8. The van der Waals surface area contributed by atoms with Crippen LogP contribution in [-0.2, 0) is 0 Å². The number of hydrogen-bond acceptors (Lipinski definition) is 4. The van der Waals surface area contributed by atoms with Gasteiger partial charge in [0.15, 0.2) is 0 Å². The van der Waals surface area contributed by atoms with Gasteiger partial charge in [0.1, 0.15) is 0 Å². The molecule has 584 valence electrons. The quantitative estimate of drug-likeness (QED) is 0.142. The molecule has 8 heterocycles. The van der Waals surface area contributed by atoms with Crippen molar-refractivity contribution in [3.63, 3.8) is 0 Å². The van der Waals surface area contributed by atoms with Crippen LogP contribution in [-0.4, -0.2) is 28.2 Å². The van der Waals surface area contributed by atoms with Gasteiger partial charge in [0, 0.05) is 129 Å². The minimum atomic E-state index is 1.00. The molecule has 0 aliphatic carbocycles. The van der Waals surface area contributed by atoms with Gasteiger partial charge in [-0.25, -0.2) is 9.97 Å². The average molecular weight is 1640 g/mol. The summed E-state index contributed by atoms with van der Waals surface area (Å²) in [7, 11) is 0. The molecule has 0 radical (unpaired) electrons. The van der Waals surface area contributed by atoms with Crippen LogP contribution in [0.3, 0.4) is 0 Å². The summed E-state index contributed by atoms with van der Waals surface area (Å²) in [5, 5.41) is 27.2. The summed E-state index contributed by atoms with van der Waals surface area (Å²) in [6.07, 6.45) is 0. The molecule has 6 nitrogen and oxygen atoms in total. The number of para-hydroxylation sites is 6. The lowest BCUT2D eigenvalue weighted by Crippen LogP contribution is -1.97. The third-order valence-corrected chi connectivity index (χ3v) is 28.9. The first kappa shape index (κ1) is 70.6. The van der Waals surface area contributed by atoms with Gasteiger partial charge >= 0.3 is 0 Å². The number of hydrogen-bond donors (Lipinski definition) is 0. The average Bonchev–Trinajstić information content (AvgIpc) is 1.61. The highest BCUT2D eigenvalue weighted by atomic mass is 32.1. The third kappa shape index (κ3) is 10.6. The lowest BCUT2D eigenvalue weighted by molar-refractivity contribution is 1.19. The fraction of sp³-hybridized carbons (Fsp3) is 0. The van der Waals surface area contributed by atoms with Crippen LogP contribution in [0.4, 0.5) is 0 Å². The molecule has 0 spiro atoms. The van der Waals surface area contributed by atoms with Crippen molar-refractivity contribution in [1.82, 2.24) is 28.2 Å². The molecule has 8 aromatic heterocycles. The van der Waals surface area contributed by atoms with Crippen LogP contribution in [0.1, 0.15) is 0 Å². The Labute approximate surface area is 730 Å². The molecule has 0 fully saturated rings. The number of thiophene rings is 2. The molecular weight excluding hydrogens is 1570 g/mol. The molecule has 28 aromatic rings. The van der Waals surface area contributed by atoms with Crippen LogP contribution in [0.25, 0.3) is 260 Å². The highest BCUT2D eigenvalue weighted by Gasteiger charge is 2.28. The van der Waals surface area contributed by atoms with E-state index in [1.165, 1.54) is 216 Å². The molecule has 28 rings (SSSR count). The summed E-state index contributed by atoms with van der Waals surface area (Å²) in [6, 6.07) is 156. The van der Waals surface area contributed by atoms with Crippen molar-refractivity contribution < 1.29 is 0 Å².